The predicted octanol–water partition coefficient (Wildman–Crippen LogP) is 3.63. The van der Waals surface area contributed by atoms with E-state index in [4.69, 9.17) is 9.72 Å². The molecule has 1 unspecified atom stereocenters. The van der Waals surface area contributed by atoms with Gasteiger partial charge in [-0.25, -0.2) is 9.67 Å². The molecule has 6 nitrogen and oxygen atoms in total. The standard InChI is InChI=1S/C20H23N5O/c1-14-10-15(2)25(23-14)20-13-21-12-19(22-20)24-9-5-8-18(24)16-6-4-7-17(11-16)26-3/h4,6-7,10-13,18H,5,8-9H2,1-3H3. The van der Waals surface area contributed by atoms with Gasteiger partial charge in [-0.2, -0.15) is 5.10 Å². The van der Waals surface area contributed by atoms with E-state index >= 15 is 0 Å². The van der Waals surface area contributed by atoms with Crippen LogP contribution in [0.3, 0.4) is 0 Å². The molecule has 4 rings (SSSR count). The lowest BCUT2D eigenvalue weighted by Crippen LogP contribution is -2.24. The minimum absolute atomic E-state index is 0.287. The predicted molar refractivity (Wildman–Crippen MR) is 101 cm³/mol. The molecule has 0 aliphatic carbocycles. The van der Waals surface area contributed by atoms with Crippen LogP contribution < -0.4 is 9.64 Å². The minimum atomic E-state index is 0.287. The van der Waals surface area contributed by atoms with E-state index in [0.717, 1.165) is 48.2 Å². The second kappa shape index (κ2) is 6.78. The number of anilines is 1. The Hall–Kier alpha value is -2.89. The van der Waals surface area contributed by atoms with E-state index in [1.54, 1.807) is 13.3 Å². The second-order valence-corrected chi connectivity index (χ2v) is 6.70. The summed E-state index contributed by atoms with van der Waals surface area (Å²) in [4.78, 5) is 11.6. The van der Waals surface area contributed by atoms with Crippen LogP contribution in [-0.4, -0.2) is 33.4 Å². The Labute approximate surface area is 153 Å². The van der Waals surface area contributed by atoms with Gasteiger partial charge in [-0.3, -0.25) is 4.98 Å². The molecule has 0 spiro atoms. The first kappa shape index (κ1) is 16.6. The Morgan fingerprint density at radius 1 is 1.12 bits per heavy atom. The fraction of sp³-hybridized carbons (Fsp3) is 0.350. The van der Waals surface area contributed by atoms with Crippen molar-refractivity contribution in [3.63, 3.8) is 0 Å². The molecular formula is C20H23N5O. The molecule has 1 aromatic carbocycles. The summed E-state index contributed by atoms with van der Waals surface area (Å²) in [6.45, 7) is 4.99. The molecule has 2 aromatic heterocycles. The largest absolute Gasteiger partial charge is 0.497 e. The van der Waals surface area contributed by atoms with E-state index in [-0.39, 0.29) is 6.04 Å². The topological polar surface area (TPSA) is 56.1 Å². The molecule has 0 bridgehead atoms. The average molecular weight is 349 g/mol. The number of aromatic nitrogens is 4. The normalized spacial score (nSPS) is 16.9. The van der Waals surface area contributed by atoms with Crippen LogP contribution in [0, 0.1) is 13.8 Å². The van der Waals surface area contributed by atoms with Gasteiger partial charge in [0.1, 0.15) is 11.6 Å². The third-order valence-electron chi connectivity index (χ3n) is 4.86. The Balaban J connectivity index is 1.68. The fourth-order valence-electron chi connectivity index (χ4n) is 3.68. The van der Waals surface area contributed by atoms with Crippen molar-refractivity contribution in [2.24, 2.45) is 0 Å². The monoisotopic (exact) mass is 349 g/mol. The maximum absolute atomic E-state index is 5.39. The van der Waals surface area contributed by atoms with Crippen molar-refractivity contribution in [3.05, 3.63) is 59.7 Å². The molecule has 1 aliphatic heterocycles. The molecule has 0 radical (unpaired) electrons. The molecule has 3 aromatic rings. The SMILES string of the molecule is COc1cccc(C2CCCN2c2cncc(-n3nc(C)cc3C)n2)c1. The summed E-state index contributed by atoms with van der Waals surface area (Å²) in [5, 5.41) is 4.53. The number of methoxy groups -OCH3 is 1. The van der Waals surface area contributed by atoms with Gasteiger partial charge in [0, 0.05) is 12.2 Å². The lowest BCUT2D eigenvalue weighted by atomic mass is 10.0. The highest BCUT2D eigenvalue weighted by Gasteiger charge is 2.28. The molecule has 1 saturated heterocycles. The first-order valence-corrected chi connectivity index (χ1v) is 8.92. The van der Waals surface area contributed by atoms with Gasteiger partial charge in [-0.1, -0.05) is 12.1 Å². The summed E-state index contributed by atoms with van der Waals surface area (Å²) in [6.07, 6.45) is 5.83. The second-order valence-electron chi connectivity index (χ2n) is 6.70. The molecule has 0 N–H and O–H groups in total. The van der Waals surface area contributed by atoms with Crippen molar-refractivity contribution in [1.82, 2.24) is 19.7 Å². The summed E-state index contributed by atoms with van der Waals surface area (Å²) in [5.74, 6) is 2.53. The average Bonchev–Trinajstić information content (AvgIpc) is 3.28. The van der Waals surface area contributed by atoms with E-state index in [0.29, 0.717) is 0 Å². The van der Waals surface area contributed by atoms with Crippen molar-refractivity contribution in [2.45, 2.75) is 32.7 Å². The highest BCUT2D eigenvalue weighted by atomic mass is 16.5. The van der Waals surface area contributed by atoms with Crippen molar-refractivity contribution >= 4 is 5.82 Å². The van der Waals surface area contributed by atoms with Crippen LogP contribution in [-0.2, 0) is 0 Å². The zero-order valence-corrected chi connectivity index (χ0v) is 15.4. The van der Waals surface area contributed by atoms with Crippen LogP contribution in [0.2, 0.25) is 0 Å². The van der Waals surface area contributed by atoms with Crippen LogP contribution >= 0.6 is 0 Å². The van der Waals surface area contributed by atoms with E-state index in [1.165, 1.54) is 5.56 Å². The number of benzene rings is 1. The third kappa shape index (κ3) is 3.03. The number of hydrogen-bond acceptors (Lipinski definition) is 5. The Kier molecular flexibility index (Phi) is 4.32. The van der Waals surface area contributed by atoms with E-state index in [2.05, 4.69) is 27.1 Å². The molecule has 0 saturated carbocycles. The fourth-order valence-corrected chi connectivity index (χ4v) is 3.68. The van der Waals surface area contributed by atoms with Crippen LogP contribution in [0.1, 0.15) is 35.8 Å². The van der Waals surface area contributed by atoms with Gasteiger partial charge >= 0.3 is 0 Å². The number of nitrogens with zero attached hydrogens (tertiary/aromatic N) is 5. The Morgan fingerprint density at radius 2 is 1.96 bits per heavy atom. The van der Waals surface area contributed by atoms with Gasteiger partial charge in [0.15, 0.2) is 5.82 Å². The minimum Gasteiger partial charge on any atom is -0.497 e. The molecule has 1 atom stereocenters. The van der Waals surface area contributed by atoms with Crippen LogP contribution in [0.5, 0.6) is 5.75 Å². The zero-order chi connectivity index (χ0) is 18.1. The van der Waals surface area contributed by atoms with Crippen molar-refractivity contribution in [3.8, 4) is 11.6 Å². The summed E-state index contributed by atoms with van der Waals surface area (Å²) in [5.41, 5.74) is 3.28. The number of aryl methyl sites for hydroxylation is 2. The maximum Gasteiger partial charge on any atom is 0.174 e. The van der Waals surface area contributed by atoms with E-state index < -0.39 is 0 Å². The number of rotatable bonds is 4. The first-order valence-electron chi connectivity index (χ1n) is 8.92. The molecule has 0 amide bonds. The first-order chi connectivity index (χ1) is 12.7. The number of hydrogen-bond donors (Lipinski definition) is 0. The lowest BCUT2D eigenvalue weighted by Gasteiger charge is -2.26. The number of ether oxygens (including phenoxy) is 1. The summed E-state index contributed by atoms with van der Waals surface area (Å²) in [7, 11) is 1.70. The smallest absolute Gasteiger partial charge is 0.174 e. The van der Waals surface area contributed by atoms with Gasteiger partial charge in [0.2, 0.25) is 0 Å². The Morgan fingerprint density at radius 3 is 2.73 bits per heavy atom. The van der Waals surface area contributed by atoms with Gasteiger partial charge in [0.25, 0.3) is 0 Å². The molecule has 26 heavy (non-hydrogen) atoms. The van der Waals surface area contributed by atoms with E-state index in [1.807, 2.05) is 42.9 Å². The summed E-state index contributed by atoms with van der Waals surface area (Å²) < 4.78 is 7.24. The maximum atomic E-state index is 5.39. The molecule has 1 aliphatic rings. The summed E-state index contributed by atoms with van der Waals surface area (Å²) >= 11 is 0. The van der Waals surface area contributed by atoms with Crippen molar-refractivity contribution in [1.29, 1.82) is 0 Å². The molecule has 3 heterocycles. The van der Waals surface area contributed by atoms with Gasteiger partial charge in [0.05, 0.1) is 31.2 Å². The zero-order valence-electron chi connectivity index (χ0n) is 15.4. The molecule has 1 fully saturated rings. The highest BCUT2D eigenvalue weighted by molar-refractivity contribution is 5.46. The molecule has 134 valence electrons. The van der Waals surface area contributed by atoms with Gasteiger partial charge in [-0.05, 0) is 50.5 Å². The van der Waals surface area contributed by atoms with Gasteiger partial charge < -0.3 is 9.64 Å². The van der Waals surface area contributed by atoms with Gasteiger partial charge in [-0.15, -0.1) is 0 Å². The Bertz CT molecular complexity index is 920. The molecule has 6 heteroatoms. The highest BCUT2D eigenvalue weighted by Crippen LogP contribution is 2.36. The van der Waals surface area contributed by atoms with Crippen LogP contribution in [0.15, 0.2) is 42.7 Å². The molecular weight excluding hydrogens is 326 g/mol. The van der Waals surface area contributed by atoms with Crippen LogP contribution in [0.4, 0.5) is 5.82 Å². The van der Waals surface area contributed by atoms with E-state index in [9.17, 15) is 0 Å². The summed E-state index contributed by atoms with van der Waals surface area (Å²) in [6, 6.07) is 10.6. The van der Waals surface area contributed by atoms with Crippen molar-refractivity contribution < 1.29 is 4.74 Å². The quantitative estimate of drug-likeness (QED) is 0.720. The lowest BCUT2D eigenvalue weighted by molar-refractivity contribution is 0.414. The van der Waals surface area contributed by atoms with Crippen LogP contribution in [0.25, 0.3) is 5.82 Å². The third-order valence-corrected chi connectivity index (χ3v) is 4.86. The van der Waals surface area contributed by atoms with Crippen molar-refractivity contribution in [2.75, 3.05) is 18.6 Å².